The number of nitrogens with zero attached hydrogens (tertiary/aromatic N) is 1. The van der Waals surface area contributed by atoms with Crippen molar-refractivity contribution in [2.75, 3.05) is 11.9 Å². The van der Waals surface area contributed by atoms with Gasteiger partial charge in [0, 0.05) is 13.0 Å². The number of anilines is 1. The molecule has 2 amide bonds. The van der Waals surface area contributed by atoms with E-state index in [-0.39, 0.29) is 17.7 Å². The predicted octanol–water partition coefficient (Wildman–Crippen LogP) is 3.10. The van der Waals surface area contributed by atoms with Gasteiger partial charge in [-0.15, -0.1) is 0 Å². The zero-order valence-corrected chi connectivity index (χ0v) is 14.0. The maximum absolute atomic E-state index is 12.3. The maximum Gasteiger partial charge on any atom is 0.231 e. The number of aryl methyl sites for hydroxylation is 1. The molecular formula is C17H21N3O2S. The highest BCUT2D eigenvalue weighted by Gasteiger charge is 2.25. The number of carbonyl (C=O) groups is 2. The van der Waals surface area contributed by atoms with Crippen LogP contribution >= 0.6 is 11.3 Å². The SMILES string of the molecule is CCCCc1ccc2nc(NC(=O)C3CCC(=O)NC3)sc2c1. The molecule has 0 saturated carbocycles. The molecule has 0 radical (unpaired) electrons. The highest BCUT2D eigenvalue weighted by atomic mass is 32.1. The van der Waals surface area contributed by atoms with Gasteiger partial charge >= 0.3 is 0 Å². The van der Waals surface area contributed by atoms with Gasteiger partial charge in [0.15, 0.2) is 5.13 Å². The summed E-state index contributed by atoms with van der Waals surface area (Å²) in [5.74, 6) is -0.205. The van der Waals surface area contributed by atoms with Gasteiger partial charge in [-0.3, -0.25) is 9.59 Å². The fraction of sp³-hybridized carbons (Fsp3) is 0.471. The van der Waals surface area contributed by atoms with Crippen LogP contribution in [0.4, 0.5) is 5.13 Å². The number of hydrogen-bond acceptors (Lipinski definition) is 4. The molecule has 1 fully saturated rings. The summed E-state index contributed by atoms with van der Waals surface area (Å²) in [6.07, 6.45) is 4.46. The van der Waals surface area contributed by atoms with E-state index in [0.29, 0.717) is 24.5 Å². The first-order chi connectivity index (χ1) is 11.2. The Labute approximate surface area is 139 Å². The Morgan fingerprint density at radius 3 is 3.09 bits per heavy atom. The quantitative estimate of drug-likeness (QED) is 0.884. The number of benzene rings is 1. The summed E-state index contributed by atoms with van der Waals surface area (Å²) >= 11 is 1.51. The minimum atomic E-state index is -0.167. The number of fused-ring (bicyclic) bond motifs is 1. The molecule has 2 heterocycles. The number of thiazole rings is 1. The molecule has 1 atom stereocenters. The number of rotatable bonds is 5. The van der Waals surface area contributed by atoms with Gasteiger partial charge in [-0.05, 0) is 37.0 Å². The Morgan fingerprint density at radius 2 is 2.35 bits per heavy atom. The van der Waals surface area contributed by atoms with Crippen LogP contribution in [0.15, 0.2) is 18.2 Å². The van der Waals surface area contributed by atoms with Gasteiger partial charge in [-0.2, -0.15) is 0 Å². The van der Waals surface area contributed by atoms with Crippen molar-refractivity contribution >= 4 is 38.5 Å². The lowest BCUT2D eigenvalue weighted by Crippen LogP contribution is -2.40. The van der Waals surface area contributed by atoms with Crippen LogP contribution in [0.25, 0.3) is 10.2 Å². The summed E-state index contributed by atoms with van der Waals surface area (Å²) in [6.45, 7) is 2.60. The van der Waals surface area contributed by atoms with Crippen LogP contribution in [0.2, 0.25) is 0 Å². The van der Waals surface area contributed by atoms with E-state index in [9.17, 15) is 9.59 Å². The van der Waals surface area contributed by atoms with E-state index in [0.717, 1.165) is 16.6 Å². The predicted molar refractivity (Wildman–Crippen MR) is 92.6 cm³/mol. The second kappa shape index (κ2) is 7.08. The molecule has 122 valence electrons. The molecule has 6 heteroatoms. The molecule has 0 spiro atoms. The highest BCUT2D eigenvalue weighted by Crippen LogP contribution is 2.28. The molecule has 1 saturated heterocycles. The van der Waals surface area contributed by atoms with Crippen molar-refractivity contribution in [1.29, 1.82) is 0 Å². The van der Waals surface area contributed by atoms with Crippen LogP contribution < -0.4 is 10.6 Å². The zero-order chi connectivity index (χ0) is 16.2. The Kier molecular flexibility index (Phi) is 4.91. The Hall–Kier alpha value is -1.95. The van der Waals surface area contributed by atoms with E-state index in [1.165, 1.54) is 29.7 Å². The second-order valence-corrected chi connectivity index (χ2v) is 6.98. The lowest BCUT2D eigenvalue weighted by atomic mass is 9.98. The van der Waals surface area contributed by atoms with Crippen molar-refractivity contribution in [2.45, 2.75) is 39.0 Å². The largest absolute Gasteiger partial charge is 0.355 e. The Bertz CT molecular complexity index is 716. The minimum absolute atomic E-state index is 0.0219. The summed E-state index contributed by atoms with van der Waals surface area (Å²) in [7, 11) is 0. The third-order valence-corrected chi connectivity index (χ3v) is 5.07. The van der Waals surface area contributed by atoms with Crippen molar-refractivity contribution in [3.63, 3.8) is 0 Å². The Balaban J connectivity index is 1.68. The molecule has 0 aliphatic carbocycles. The number of hydrogen-bond donors (Lipinski definition) is 2. The third-order valence-electron chi connectivity index (χ3n) is 4.14. The molecule has 0 bridgehead atoms. The summed E-state index contributed by atoms with van der Waals surface area (Å²) in [5, 5.41) is 6.27. The molecule has 1 aromatic heterocycles. The van der Waals surface area contributed by atoms with Crippen molar-refractivity contribution in [3.8, 4) is 0 Å². The minimum Gasteiger partial charge on any atom is -0.355 e. The molecular weight excluding hydrogens is 310 g/mol. The number of unbranched alkanes of at least 4 members (excludes halogenated alkanes) is 1. The van der Waals surface area contributed by atoms with Gasteiger partial charge in [0.1, 0.15) is 0 Å². The van der Waals surface area contributed by atoms with Crippen molar-refractivity contribution in [2.24, 2.45) is 5.92 Å². The van der Waals surface area contributed by atoms with Gasteiger partial charge in [0.25, 0.3) is 0 Å². The lowest BCUT2D eigenvalue weighted by Gasteiger charge is -2.20. The van der Waals surface area contributed by atoms with Crippen LogP contribution in [-0.4, -0.2) is 23.3 Å². The van der Waals surface area contributed by atoms with Gasteiger partial charge in [-0.25, -0.2) is 4.98 Å². The first-order valence-corrected chi connectivity index (χ1v) is 8.94. The molecule has 3 rings (SSSR count). The molecule has 2 aromatic rings. The molecule has 1 aromatic carbocycles. The normalized spacial score (nSPS) is 18.0. The van der Waals surface area contributed by atoms with E-state index < -0.39 is 0 Å². The van der Waals surface area contributed by atoms with E-state index in [1.54, 1.807) is 0 Å². The van der Waals surface area contributed by atoms with Crippen molar-refractivity contribution in [3.05, 3.63) is 23.8 Å². The lowest BCUT2D eigenvalue weighted by molar-refractivity contribution is -0.126. The molecule has 5 nitrogen and oxygen atoms in total. The summed E-state index contributed by atoms with van der Waals surface area (Å²) in [6, 6.07) is 6.30. The second-order valence-electron chi connectivity index (χ2n) is 5.95. The van der Waals surface area contributed by atoms with Crippen LogP contribution in [0.3, 0.4) is 0 Å². The number of nitrogens with one attached hydrogen (secondary N) is 2. The number of piperidine rings is 1. The molecule has 1 unspecified atom stereocenters. The van der Waals surface area contributed by atoms with Gasteiger partial charge < -0.3 is 10.6 Å². The first-order valence-electron chi connectivity index (χ1n) is 8.12. The van der Waals surface area contributed by atoms with Crippen LogP contribution in [0, 0.1) is 5.92 Å². The summed E-state index contributed by atoms with van der Waals surface area (Å²) < 4.78 is 1.10. The third kappa shape index (κ3) is 3.88. The van der Waals surface area contributed by atoms with E-state index in [2.05, 4.69) is 34.7 Å². The standard InChI is InChI=1S/C17H21N3O2S/c1-2-3-4-11-5-7-13-14(9-11)23-17(19-13)20-16(22)12-6-8-15(21)18-10-12/h5,7,9,12H,2-4,6,8,10H2,1H3,(H,18,21)(H,19,20,22). The first kappa shape index (κ1) is 15.9. The number of amides is 2. The fourth-order valence-electron chi connectivity index (χ4n) is 2.72. The van der Waals surface area contributed by atoms with Gasteiger partial charge in [0.2, 0.25) is 11.8 Å². The van der Waals surface area contributed by atoms with Crippen LogP contribution in [0.5, 0.6) is 0 Å². The zero-order valence-electron chi connectivity index (χ0n) is 13.2. The highest BCUT2D eigenvalue weighted by molar-refractivity contribution is 7.22. The smallest absolute Gasteiger partial charge is 0.231 e. The average Bonchev–Trinajstić information content (AvgIpc) is 2.94. The van der Waals surface area contributed by atoms with Crippen molar-refractivity contribution in [1.82, 2.24) is 10.3 Å². The summed E-state index contributed by atoms with van der Waals surface area (Å²) in [5.41, 5.74) is 2.23. The van der Waals surface area contributed by atoms with Gasteiger partial charge in [-0.1, -0.05) is 30.7 Å². The monoisotopic (exact) mass is 331 g/mol. The number of carbonyl (C=O) groups excluding carboxylic acids is 2. The Morgan fingerprint density at radius 1 is 1.48 bits per heavy atom. The van der Waals surface area contributed by atoms with E-state index >= 15 is 0 Å². The molecule has 23 heavy (non-hydrogen) atoms. The van der Waals surface area contributed by atoms with E-state index in [4.69, 9.17) is 0 Å². The molecule has 1 aliphatic heterocycles. The average molecular weight is 331 g/mol. The topological polar surface area (TPSA) is 71.1 Å². The van der Waals surface area contributed by atoms with Crippen LogP contribution in [0.1, 0.15) is 38.2 Å². The molecule has 1 aliphatic rings. The maximum atomic E-state index is 12.3. The molecule has 2 N–H and O–H groups in total. The van der Waals surface area contributed by atoms with Gasteiger partial charge in [0.05, 0.1) is 16.1 Å². The number of aromatic nitrogens is 1. The van der Waals surface area contributed by atoms with E-state index in [1.807, 2.05) is 6.07 Å². The van der Waals surface area contributed by atoms with Crippen LogP contribution in [-0.2, 0) is 16.0 Å². The summed E-state index contributed by atoms with van der Waals surface area (Å²) in [4.78, 5) is 27.9. The van der Waals surface area contributed by atoms with Crippen molar-refractivity contribution < 1.29 is 9.59 Å². The fourth-order valence-corrected chi connectivity index (χ4v) is 3.66.